The Morgan fingerprint density at radius 1 is 1.21 bits per heavy atom. The largest absolute Gasteiger partial charge is 0.370 e. The number of nitrogen functional groups attached to an aromatic ring is 1. The van der Waals surface area contributed by atoms with Gasteiger partial charge in [-0.05, 0) is 25.1 Å². The van der Waals surface area contributed by atoms with Crippen LogP contribution in [-0.2, 0) is 0 Å². The quantitative estimate of drug-likeness (QED) is 0.837. The van der Waals surface area contributed by atoms with Crippen LogP contribution in [0.4, 0.5) is 11.8 Å². The van der Waals surface area contributed by atoms with Crippen molar-refractivity contribution in [3.63, 3.8) is 0 Å². The highest BCUT2D eigenvalue weighted by Crippen LogP contribution is 2.32. The molecule has 1 heterocycles. The minimum Gasteiger partial charge on any atom is -0.370 e. The van der Waals surface area contributed by atoms with Crippen LogP contribution in [0.1, 0.15) is 6.92 Å². The van der Waals surface area contributed by atoms with Crippen LogP contribution in [0.3, 0.4) is 0 Å². The molecular formula is C12H12Cl2N4S. The Bertz CT molecular complexity index is 592. The molecule has 2 rings (SSSR count). The van der Waals surface area contributed by atoms with E-state index in [4.69, 9.17) is 28.9 Å². The third-order valence-corrected chi connectivity index (χ3v) is 3.84. The Morgan fingerprint density at radius 3 is 2.68 bits per heavy atom. The fourth-order valence-electron chi connectivity index (χ4n) is 1.43. The van der Waals surface area contributed by atoms with Crippen molar-refractivity contribution in [1.29, 1.82) is 0 Å². The molecule has 0 amide bonds. The van der Waals surface area contributed by atoms with E-state index in [9.17, 15) is 0 Å². The number of nitrogens with one attached hydrogen (secondary N) is 1. The molecule has 2 aromatic rings. The van der Waals surface area contributed by atoms with E-state index in [-0.39, 0.29) is 5.95 Å². The highest BCUT2D eigenvalue weighted by molar-refractivity contribution is 7.99. The van der Waals surface area contributed by atoms with Gasteiger partial charge in [-0.2, -0.15) is 4.98 Å². The number of nitrogens with two attached hydrogens (primary N) is 1. The summed E-state index contributed by atoms with van der Waals surface area (Å²) in [6, 6.07) is 7.26. The van der Waals surface area contributed by atoms with Gasteiger partial charge < -0.3 is 11.1 Å². The zero-order valence-electron chi connectivity index (χ0n) is 10.2. The second kappa shape index (κ2) is 6.32. The first kappa shape index (κ1) is 14.2. The molecule has 0 atom stereocenters. The van der Waals surface area contributed by atoms with E-state index in [0.717, 1.165) is 16.5 Å². The Labute approximate surface area is 125 Å². The van der Waals surface area contributed by atoms with Crippen molar-refractivity contribution in [3.8, 4) is 0 Å². The van der Waals surface area contributed by atoms with Crippen LogP contribution in [0, 0.1) is 0 Å². The molecule has 1 aromatic carbocycles. The maximum absolute atomic E-state index is 5.98. The van der Waals surface area contributed by atoms with Crippen molar-refractivity contribution in [2.75, 3.05) is 17.6 Å². The summed E-state index contributed by atoms with van der Waals surface area (Å²) in [4.78, 5) is 9.21. The average molecular weight is 315 g/mol. The maximum atomic E-state index is 5.98. The SMILES string of the molecule is CCNc1cc(Sc2ccc(Cl)c(Cl)c2)nc(N)n1. The summed E-state index contributed by atoms with van der Waals surface area (Å²) in [7, 11) is 0. The van der Waals surface area contributed by atoms with Crippen LogP contribution >= 0.6 is 35.0 Å². The summed E-state index contributed by atoms with van der Waals surface area (Å²) in [6.07, 6.45) is 0. The number of halogens is 2. The first-order valence-electron chi connectivity index (χ1n) is 5.60. The molecule has 0 aliphatic heterocycles. The van der Waals surface area contributed by atoms with Crippen LogP contribution < -0.4 is 11.1 Å². The van der Waals surface area contributed by atoms with Gasteiger partial charge in [0.2, 0.25) is 5.95 Å². The number of aromatic nitrogens is 2. The second-order valence-corrected chi connectivity index (χ2v) is 5.57. The Kier molecular flexibility index (Phi) is 4.74. The van der Waals surface area contributed by atoms with Gasteiger partial charge in [0.25, 0.3) is 0 Å². The van der Waals surface area contributed by atoms with Crippen LogP contribution in [-0.4, -0.2) is 16.5 Å². The van der Waals surface area contributed by atoms with Gasteiger partial charge in [-0.15, -0.1) is 0 Å². The van der Waals surface area contributed by atoms with Crippen LogP contribution in [0.2, 0.25) is 10.0 Å². The summed E-state index contributed by atoms with van der Waals surface area (Å²) < 4.78 is 0. The van der Waals surface area contributed by atoms with E-state index in [0.29, 0.717) is 15.9 Å². The number of benzene rings is 1. The van der Waals surface area contributed by atoms with Crippen molar-refractivity contribution in [3.05, 3.63) is 34.3 Å². The van der Waals surface area contributed by atoms with Gasteiger partial charge in [0, 0.05) is 17.5 Å². The van der Waals surface area contributed by atoms with Crippen molar-refractivity contribution in [2.45, 2.75) is 16.8 Å². The van der Waals surface area contributed by atoms with Crippen LogP contribution in [0.15, 0.2) is 34.2 Å². The number of nitrogens with zero attached hydrogens (tertiary/aromatic N) is 2. The highest BCUT2D eigenvalue weighted by Gasteiger charge is 2.06. The molecule has 0 spiro atoms. The van der Waals surface area contributed by atoms with E-state index in [1.807, 2.05) is 19.1 Å². The minimum atomic E-state index is 0.237. The van der Waals surface area contributed by atoms with Gasteiger partial charge in [0.1, 0.15) is 10.8 Å². The molecule has 0 fully saturated rings. The lowest BCUT2D eigenvalue weighted by Crippen LogP contribution is -2.03. The first-order valence-corrected chi connectivity index (χ1v) is 7.17. The molecule has 3 N–H and O–H groups in total. The van der Waals surface area contributed by atoms with Crippen molar-refractivity contribution >= 4 is 46.7 Å². The zero-order valence-corrected chi connectivity index (χ0v) is 12.5. The molecule has 4 nitrogen and oxygen atoms in total. The average Bonchev–Trinajstić information content (AvgIpc) is 2.33. The highest BCUT2D eigenvalue weighted by atomic mass is 35.5. The number of hydrogen-bond acceptors (Lipinski definition) is 5. The van der Waals surface area contributed by atoms with Crippen LogP contribution in [0.25, 0.3) is 0 Å². The van der Waals surface area contributed by atoms with Crippen molar-refractivity contribution in [1.82, 2.24) is 9.97 Å². The molecule has 0 radical (unpaired) electrons. The van der Waals surface area contributed by atoms with E-state index >= 15 is 0 Å². The van der Waals surface area contributed by atoms with Gasteiger partial charge in [-0.1, -0.05) is 35.0 Å². The van der Waals surface area contributed by atoms with Gasteiger partial charge in [-0.3, -0.25) is 0 Å². The second-order valence-electron chi connectivity index (χ2n) is 3.66. The molecule has 0 aliphatic carbocycles. The molecule has 19 heavy (non-hydrogen) atoms. The van der Waals surface area contributed by atoms with E-state index in [1.54, 1.807) is 12.1 Å². The summed E-state index contributed by atoms with van der Waals surface area (Å²) in [5.41, 5.74) is 5.67. The molecule has 0 saturated heterocycles. The molecule has 0 bridgehead atoms. The van der Waals surface area contributed by atoms with Crippen LogP contribution in [0.5, 0.6) is 0 Å². The summed E-state index contributed by atoms with van der Waals surface area (Å²) in [5.74, 6) is 0.943. The summed E-state index contributed by atoms with van der Waals surface area (Å²) >= 11 is 13.3. The molecule has 0 unspecified atom stereocenters. The molecule has 7 heteroatoms. The summed E-state index contributed by atoms with van der Waals surface area (Å²) in [6.45, 7) is 2.76. The Hall–Kier alpha value is -1.17. The lowest BCUT2D eigenvalue weighted by atomic mass is 10.4. The third kappa shape index (κ3) is 3.89. The lowest BCUT2D eigenvalue weighted by molar-refractivity contribution is 1.04. The predicted octanol–water partition coefficient (Wildman–Crippen LogP) is 3.95. The normalized spacial score (nSPS) is 10.5. The minimum absolute atomic E-state index is 0.237. The fraction of sp³-hybridized carbons (Fsp3) is 0.167. The fourth-order valence-corrected chi connectivity index (χ4v) is 2.65. The van der Waals surface area contributed by atoms with E-state index in [1.165, 1.54) is 11.8 Å². The van der Waals surface area contributed by atoms with Gasteiger partial charge in [0.15, 0.2) is 0 Å². The van der Waals surface area contributed by atoms with Gasteiger partial charge in [-0.25, -0.2) is 4.98 Å². The molecular weight excluding hydrogens is 303 g/mol. The van der Waals surface area contributed by atoms with E-state index in [2.05, 4.69) is 15.3 Å². The van der Waals surface area contributed by atoms with Gasteiger partial charge >= 0.3 is 0 Å². The lowest BCUT2D eigenvalue weighted by Gasteiger charge is -2.07. The Morgan fingerprint density at radius 2 is 2.00 bits per heavy atom. The van der Waals surface area contributed by atoms with Crippen molar-refractivity contribution in [2.24, 2.45) is 0 Å². The topological polar surface area (TPSA) is 63.8 Å². The standard InChI is InChI=1S/C12H12Cl2N4S/c1-2-16-10-6-11(18-12(15)17-10)19-7-3-4-8(13)9(14)5-7/h3-6H,2H2,1H3,(H3,15,16,17,18). The molecule has 100 valence electrons. The zero-order chi connectivity index (χ0) is 13.8. The first-order chi connectivity index (χ1) is 9.08. The predicted molar refractivity (Wildman–Crippen MR) is 81.2 cm³/mol. The van der Waals surface area contributed by atoms with Crippen molar-refractivity contribution < 1.29 is 0 Å². The Balaban J connectivity index is 2.24. The van der Waals surface area contributed by atoms with E-state index < -0.39 is 0 Å². The molecule has 0 saturated carbocycles. The smallest absolute Gasteiger partial charge is 0.223 e. The number of hydrogen-bond donors (Lipinski definition) is 2. The van der Waals surface area contributed by atoms with Gasteiger partial charge in [0.05, 0.1) is 10.0 Å². The number of rotatable bonds is 4. The monoisotopic (exact) mass is 314 g/mol. The third-order valence-electron chi connectivity index (χ3n) is 2.19. The number of anilines is 2. The molecule has 1 aromatic heterocycles. The maximum Gasteiger partial charge on any atom is 0.223 e. The summed E-state index contributed by atoms with van der Waals surface area (Å²) in [5, 5.41) is 4.90. The molecule has 0 aliphatic rings.